The van der Waals surface area contributed by atoms with Crippen LogP contribution in [-0.4, -0.2) is 46.9 Å². The van der Waals surface area contributed by atoms with Gasteiger partial charge in [0.05, 0.1) is 35.6 Å². The van der Waals surface area contributed by atoms with Crippen molar-refractivity contribution in [2.45, 2.75) is 6.54 Å². The summed E-state index contributed by atoms with van der Waals surface area (Å²) in [7, 11) is 0. The fraction of sp³-hybridized carbons (Fsp3) is 0.238. The molecule has 10 heteroatoms. The zero-order valence-corrected chi connectivity index (χ0v) is 17.2. The Balaban J connectivity index is 2.02. The number of fused-ring (bicyclic) bond motifs is 1. The van der Waals surface area contributed by atoms with E-state index in [0.717, 1.165) is 5.56 Å². The summed E-state index contributed by atoms with van der Waals surface area (Å²) in [5.41, 5.74) is 0.304. The van der Waals surface area contributed by atoms with Gasteiger partial charge in [0.2, 0.25) is 5.43 Å². The van der Waals surface area contributed by atoms with Crippen molar-refractivity contribution >= 4 is 34.1 Å². The molecule has 0 radical (unpaired) electrons. The van der Waals surface area contributed by atoms with Crippen molar-refractivity contribution in [3.63, 3.8) is 0 Å². The first-order valence-electron chi connectivity index (χ1n) is 9.43. The molecule has 0 atom stereocenters. The molecule has 0 unspecified atom stereocenters. The third kappa shape index (κ3) is 5.46. The van der Waals surface area contributed by atoms with Crippen LogP contribution in [0.2, 0.25) is 5.02 Å². The molecule has 1 aromatic heterocycles. The second kappa shape index (κ2) is 10.2. The van der Waals surface area contributed by atoms with E-state index in [-0.39, 0.29) is 43.0 Å². The molecule has 3 aromatic rings. The fourth-order valence-electron chi connectivity index (χ4n) is 3.12. The highest BCUT2D eigenvalue weighted by Gasteiger charge is 2.18. The van der Waals surface area contributed by atoms with E-state index in [1.54, 1.807) is 22.8 Å². The molecular weight excluding hydrogens is 426 g/mol. The number of rotatable bonds is 9. The van der Waals surface area contributed by atoms with Gasteiger partial charge in [-0.2, -0.15) is 0 Å². The van der Waals surface area contributed by atoms with Gasteiger partial charge in [-0.05, 0) is 23.8 Å². The smallest absolute Gasteiger partial charge is 0.270 e. The SMILES string of the molecule is O=C(NCCOCCO)c1cn(Cc2cccc(Cl)c2)c2ccc([N+](=O)[O-])cc2c1=O. The van der Waals surface area contributed by atoms with Crippen LogP contribution in [0.3, 0.4) is 0 Å². The minimum atomic E-state index is -0.620. The Morgan fingerprint density at radius 1 is 1.23 bits per heavy atom. The highest BCUT2D eigenvalue weighted by Crippen LogP contribution is 2.21. The largest absolute Gasteiger partial charge is 0.394 e. The molecule has 2 N–H and O–H groups in total. The topological polar surface area (TPSA) is 124 Å². The maximum Gasteiger partial charge on any atom is 0.270 e. The highest BCUT2D eigenvalue weighted by atomic mass is 35.5. The Morgan fingerprint density at radius 3 is 2.74 bits per heavy atom. The Kier molecular flexibility index (Phi) is 7.35. The van der Waals surface area contributed by atoms with Gasteiger partial charge in [0, 0.05) is 36.4 Å². The number of aliphatic hydroxyl groups excluding tert-OH is 1. The molecule has 0 saturated heterocycles. The Hall–Kier alpha value is -3.27. The summed E-state index contributed by atoms with van der Waals surface area (Å²) < 4.78 is 6.77. The predicted octanol–water partition coefficient (Wildman–Crippen LogP) is 2.35. The summed E-state index contributed by atoms with van der Waals surface area (Å²) in [6.45, 7) is 0.615. The van der Waals surface area contributed by atoms with Crippen LogP contribution in [0.15, 0.2) is 53.5 Å². The average molecular weight is 446 g/mol. The molecule has 0 bridgehead atoms. The normalized spacial score (nSPS) is 10.9. The van der Waals surface area contributed by atoms with Gasteiger partial charge in [-0.3, -0.25) is 19.7 Å². The molecule has 0 saturated carbocycles. The molecule has 0 spiro atoms. The second-order valence-corrected chi connectivity index (χ2v) is 7.12. The van der Waals surface area contributed by atoms with Crippen molar-refractivity contribution in [3.05, 3.63) is 85.1 Å². The first-order chi connectivity index (χ1) is 14.9. The van der Waals surface area contributed by atoms with Crippen molar-refractivity contribution in [3.8, 4) is 0 Å². The van der Waals surface area contributed by atoms with Crippen LogP contribution >= 0.6 is 11.6 Å². The monoisotopic (exact) mass is 445 g/mol. The van der Waals surface area contributed by atoms with E-state index in [4.69, 9.17) is 21.4 Å². The molecule has 3 rings (SSSR count). The van der Waals surface area contributed by atoms with E-state index in [9.17, 15) is 19.7 Å². The standard InChI is InChI=1S/C21H20ClN3O6/c22-15-3-1-2-14(10-15)12-24-13-18(21(28)23-6-8-31-9-7-26)20(27)17-11-16(25(29)30)4-5-19(17)24/h1-5,10-11,13,26H,6-9,12H2,(H,23,28). The van der Waals surface area contributed by atoms with Crippen LogP contribution in [0.5, 0.6) is 0 Å². The maximum absolute atomic E-state index is 13.0. The van der Waals surface area contributed by atoms with Gasteiger partial charge in [0.15, 0.2) is 0 Å². The molecule has 0 fully saturated rings. The van der Waals surface area contributed by atoms with E-state index in [1.165, 1.54) is 24.4 Å². The number of halogens is 1. The number of aliphatic hydroxyl groups is 1. The average Bonchev–Trinajstić information content (AvgIpc) is 2.75. The molecule has 9 nitrogen and oxygen atoms in total. The van der Waals surface area contributed by atoms with Crippen molar-refractivity contribution in [2.75, 3.05) is 26.4 Å². The number of carbonyl (C=O) groups is 1. The third-order valence-corrected chi connectivity index (χ3v) is 4.76. The lowest BCUT2D eigenvalue weighted by molar-refractivity contribution is -0.384. The first-order valence-corrected chi connectivity index (χ1v) is 9.81. The third-order valence-electron chi connectivity index (χ3n) is 4.53. The number of benzene rings is 2. The van der Waals surface area contributed by atoms with E-state index >= 15 is 0 Å². The van der Waals surface area contributed by atoms with Crippen LogP contribution in [0.1, 0.15) is 15.9 Å². The van der Waals surface area contributed by atoms with Crippen LogP contribution < -0.4 is 10.7 Å². The molecule has 0 aliphatic carbocycles. The van der Waals surface area contributed by atoms with Gasteiger partial charge in [-0.15, -0.1) is 0 Å². The lowest BCUT2D eigenvalue weighted by Crippen LogP contribution is -2.32. The van der Waals surface area contributed by atoms with E-state index in [1.807, 2.05) is 6.07 Å². The van der Waals surface area contributed by atoms with Crippen LogP contribution in [0.4, 0.5) is 5.69 Å². The van der Waals surface area contributed by atoms with Gasteiger partial charge in [-0.25, -0.2) is 0 Å². The summed E-state index contributed by atoms with van der Waals surface area (Å²) in [4.78, 5) is 36.2. The van der Waals surface area contributed by atoms with Crippen LogP contribution in [0, 0.1) is 10.1 Å². The lowest BCUT2D eigenvalue weighted by atomic mass is 10.1. The minimum absolute atomic E-state index is 0.0698. The van der Waals surface area contributed by atoms with Gasteiger partial charge < -0.3 is 19.7 Å². The summed E-state index contributed by atoms with van der Waals surface area (Å²) in [5.74, 6) is -0.620. The number of nitro groups is 1. The zero-order valence-electron chi connectivity index (χ0n) is 16.4. The zero-order chi connectivity index (χ0) is 22.4. The molecule has 1 heterocycles. The van der Waals surface area contributed by atoms with Gasteiger partial charge in [0.25, 0.3) is 11.6 Å². The van der Waals surface area contributed by atoms with Crippen molar-refractivity contribution in [1.82, 2.24) is 9.88 Å². The number of pyridine rings is 1. The fourth-order valence-corrected chi connectivity index (χ4v) is 3.34. The Morgan fingerprint density at radius 2 is 2.03 bits per heavy atom. The van der Waals surface area contributed by atoms with Crippen molar-refractivity contribution < 1.29 is 19.6 Å². The number of aromatic nitrogens is 1. The van der Waals surface area contributed by atoms with Crippen molar-refractivity contribution in [2.24, 2.45) is 0 Å². The number of nitro benzene ring substituents is 1. The summed E-state index contributed by atoms with van der Waals surface area (Å²) in [6, 6.07) is 11.1. The number of hydrogen-bond donors (Lipinski definition) is 2. The number of nitrogens with one attached hydrogen (secondary N) is 1. The van der Waals surface area contributed by atoms with Gasteiger partial charge >= 0.3 is 0 Å². The number of carbonyl (C=O) groups excluding carboxylic acids is 1. The molecule has 0 aliphatic heterocycles. The number of nitrogens with zero attached hydrogens (tertiary/aromatic N) is 2. The predicted molar refractivity (Wildman–Crippen MR) is 116 cm³/mol. The minimum Gasteiger partial charge on any atom is -0.394 e. The van der Waals surface area contributed by atoms with Gasteiger partial charge in [-0.1, -0.05) is 23.7 Å². The number of ether oxygens (including phenoxy) is 1. The van der Waals surface area contributed by atoms with E-state index in [0.29, 0.717) is 17.1 Å². The van der Waals surface area contributed by atoms with Crippen molar-refractivity contribution in [1.29, 1.82) is 0 Å². The molecule has 162 valence electrons. The Bertz CT molecular complexity index is 1180. The van der Waals surface area contributed by atoms with Gasteiger partial charge in [0.1, 0.15) is 5.56 Å². The molecule has 2 aromatic carbocycles. The first kappa shape index (κ1) is 22.4. The number of amides is 1. The summed E-state index contributed by atoms with van der Waals surface area (Å²) >= 11 is 6.06. The molecular formula is C21H20ClN3O6. The lowest BCUT2D eigenvalue weighted by Gasteiger charge is -2.14. The van der Waals surface area contributed by atoms with E-state index < -0.39 is 16.3 Å². The second-order valence-electron chi connectivity index (χ2n) is 6.68. The maximum atomic E-state index is 13.0. The molecule has 31 heavy (non-hydrogen) atoms. The van der Waals surface area contributed by atoms with Crippen LogP contribution in [-0.2, 0) is 11.3 Å². The Labute approximate surface area is 182 Å². The quantitative estimate of drug-likeness (QED) is 0.296. The molecule has 1 amide bonds. The summed E-state index contributed by atoms with van der Waals surface area (Å²) in [6.07, 6.45) is 1.43. The highest BCUT2D eigenvalue weighted by molar-refractivity contribution is 6.30. The number of hydrogen-bond acceptors (Lipinski definition) is 6. The number of non-ortho nitro benzene ring substituents is 1. The van der Waals surface area contributed by atoms with Crippen LogP contribution in [0.25, 0.3) is 10.9 Å². The molecule has 0 aliphatic rings. The summed E-state index contributed by atoms with van der Waals surface area (Å²) in [5, 5.41) is 23.1. The van der Waals surface area contributed by atoms with E-state index in [2.05, 4.69) is 5.32 Å².